The van der Waals surface area contributed by atoms with Crippen LogP contribution in [0.5, 0.6) is 0 Å². The van der Waals surface area contributed by atoms with E-state index in [1.165, 1.54) is 6.92 Å². The van der Waals surface area contributed by atoms with Gasteiger partial charge in [0.2, 0.25) is 0 Å². The molecule has 5 heteroatoms. The molecule has 0 aliphatic heterocycles. The molecule has 4 aliphatic rings. The smallest absolute Gasteiger partial charge is 0.307 e. The summed E-state index contributed by atoms with van der Waals surface area (Å²) in [6.07, 6.45) is 9.43. The Balaban J connectivity index is 1.72. The Labute approximate surface area is 167 Å². The summed E-state index contributed by atoms with van der Waals surface area (Å²) in [6, 6.07) is 0. The van der Waals surface area contributed by atoms with E-state index in [9.17, 15) is 20.1 Å². The van der Waals surface area contributed by atoms with Gasteiger partial charge in [0.25, 0.3) is 0 Å². The molecule has 154 valence electrons. The van der Waals surface area contributed by atoms with Gasteiger partial charge in [0.15, 0.2) is 5.60 Å². The van der Waals surface area contributed by atoms with Gasteiger partial charge >= 0.3 is 5.97 Å². The van der Waals surface area contributed by atoms with Crippen molar-refractivity contribution in [3.05, 3.63) is 11.3 Å². The van der Waals surface area contributed by atoms with Gasteiger partial charge in [0, 0.05) is 12.3 Å². The first-order chi connectivity index (χ1) is 13.1. The van der Waals surface area contributed by atoms with Gasteiger partial charge in [-0.05, 0) is 73.7 Å². The van der Waals surface area contributed by atoms with Crippen LogP contribution in [0.3, 0.4) is 0 Å². The Morgan fingerprint density at radius 1 is 1.18 bits per heavy atom. The third-order valence-corrected chi connectivity index (χ3v) is 8.90. The fraction of sp³-hybridized carbons (Fsp3) is 0.783. The van der Waals surface area contributed by atoms with Crippen LogP contribution in [0.25, 0.3) is 0 Å². The molecule has 3 unspecified atom stereocenters. The maximum absolute atomic E-state index is 11.6. The number of rotatable bonds is 1. The molecule has 28 heavy (non-hydrogen) atoms. The summed E-state index contributed by atoms with van der Waals surface area (Å²) in [5.41, 5.74) is -0.981. The lowest BCUT2D eigenvalue weighted by molar-refractivity contribution is -0.141. The van der Waals surface area contributed by atoms with Crippen molar-refractivity contribution in [2.75, 3.05) is 0 Å². The monoisotopic (exact) mass is 388 g/mol. The topological polar surface area (TPSA) is 87.0 Å². The lowest BCUT2D eigenvalue weighted by Crippen LogP contribution is -2.56. The number of fused-ring (bicyclic) bond motifs is 5. The molecular weight excluding hydrogens is 356 g/mol. The quantitative estimate of drug-likeness (QED) is 0.475. The Hall–Kier alpha value is -1.35. The van der Waals surface area contributed by atoms with Gasteiger partial charge < -0.3 is 20.1 Å². The van der Waals surface area contributed by atoms with Crippen molar-refractivity contribution in [1.29, 1.82) is 0 Å². The number of hydrogen-bond acceptors (Lipinski definition) is 5. The Morgan fingerprint density at radius 3 is 2.54 bits per heavy atom. The van der Waals surface area contributed by atoms with Gasteiger partial charge in [-0.2, -0.15) is 0 Å². The lowest BCUT2D eigenvalue weighted by atomic mass is 9.46. The molecule has 4 rings (SSSR count). The summed E-state index contributed by atoms with van der Waals surface area (Å²) >= 11 is 0. The van der Waals surface area contributed by atoms with E-state index < -0.39 is 23.2 Å². The van der Waals surface area contributed by atoms with Crippen LogP contribution in [0.15, 0.2) is 11.3 Å². The van der Waals surface area contributed by atoms with E-state index in [0.29, 0.717) is 30.4 Å². The first-order valence-corrected chi connectivity index (χ1v) is 10.6. The van der Waals surface area contributed by atoms with Gasteiger partial charge in [0.1, 0.15) is 11.9 Å². The molecule has 0 bridgehead atoms. The van der Waals surface area contributed by atoms with Gasteiger partial charge in [-0.15, -0.1) is 6.42 Å². The van der Waals surface area contributed by atoms with Crippen molar-refractivity contribution in [2.45, 2.75) is 83.5 Å². The summed E-state index contributed by atoms with van der Waals surface area (Å²) in [5.74, 6) is 3.52. The van der Waals surface area contributed by atoms with Crippen molar-refractivity contribution in [3.8, 4) is 12.3 Å². The van der Waals surface area contributed by atoms with Crippen LogP contribution in [0.4, 0.5) is 0 Å². The standard InChI is InChI=1S/C23H32O5/c1-5-23(27)19(26)12-17-14-6-7-16-20(28-13(2)24)18(25)9-10-21(16,3)15(14)8-11-22(17,23)4/h1,14-15,17-19,25-27H,6-12H2,2-4H3/t14-,15-,17+,18?,19?,21-,22+,23?/m1/s1. The van der Waals surface area contributed by atoms with E-state index in [-0.39, 0.29) is 17.3 Å². The van der Waals surface area contributed by atoms with Crippen LogP contribution in [-0.2, 0) is 9.53 Å². The number of hydrogen-bond donors (Lipinski definition) is 3. The third-order valence-electron chi connectivity index (χ3n) is 8.90. The van der Waals surface area contributed by atoms with Crippen molar-refractivity contribution in [1.82, 2.24) is 0 Å². The second-order valence-electron chi connectivity index (χ2n) is 9.94. The molecule has 3 N–H and O–H groups in total. The number of terminal acetylenes is 1. The Morgan fingerprint density at radius 2 is 1.89 bits per heavy atom. The predicted molar refractivity (Wildman–Crippen MR) is 104 cm³/mol. The zero-order valence-electron chi connectivity index (χ0n) is 17.1. The summed E-state index contributed by atoms with van der Waals surface area (Å²) in [6.45, 7) is 5.67. The number of ether oxygens (including phenoxy) is 1. The predicted octanol–water partition coefficient (Wildman–Crippen LogP) is 2.54. The van der Waals surface area contributed by atoms with Crippen LogP contribution >= 0.6 is 0 Å². The van der Waals surface area contributed by atoms with Crippen LogP contribution in [0, 0.1) is 40.9 Å². The maximum atomic E-state index is 11.6. The number of carbonyl (C=O) groups excluding carboxylic acids is 1. The zero-order valence-corrected chi connectivity index (χ0v) is 17.1. The fourth-order valence-corrected chi connectivity index (χ4v) is 7.38. The highest BCUT2D eigenvalue weighted by Gasteiger charge is 2.67. The molecule has 3 saturated carbocycles. The molecule has 0 heterocycles. The second kappa shape index (κ2) is 6.32. The molecular formula is C23H32O5. The minimum atomic E-state index is -1.47. The second-order valence-corrected chi connectivity index (χ2v) is 9.94. The first kappa shape index (κ1) is 19.9. The van der Waals surface area contributed by atoms with E-state index in [1.54, 1.807) is 0 Å². The molecule has 0 radical (unpaired) electrons. The van der Waals surface area contributed by atoms with Crippen molar-refractivity contribution >= 4 is 5.97 Å². The summed E-state index contributed by atoms with van der Waals surface area (Å²) < 4.78 is 5.48. The van der Waals surface area contributed by atoms with Gasteiger partial charge in [-0.1, -0.05) is 19.8 Å². The maximum Gasteiger partial charge on any atom is 0.307 e. The van der Waals surface area contributed by atoms with Gasteiger partial charge in [0.05, 0.1) is 6.10 Å². The van der Waals surface area contributed by atoms with Crippen molar-refractivity contribution < 1.29 is 24.9 Å². The van der Waals surface area contributed by atoms with Crippen LogP contribution < -0.4 is 0 Å². The highest BCUT2D eigenvalue weighted by molar-refractivity contribution is 5.67. The lowest BCUT2D eigenvalue weighted by Gasteiger charge is -2.59. The van der Waals surface area contributed by atoms with Crippen LogP contribution in [-0.4, -0.2) is 39.1 Å². The fourth-order valence-electron chi connectivity index (χ4n) is 7.38. The molecule has 5 nitrogen and oxygen atoms in total. The molecule has 0 spiro atoms. The molecule has 8 atom stereocenters. The number of aliphatic hydroxyl groups is 3. The molecule has 4 aliphatic carbocycles. The number of carbonyl (C=O) groups is 1. The minimum absolute atomic E-state index is 0.129. The summed E-state index contributed by atoms with van der Waals surface area (Å²) in [7, 11) is 0. The van der Waals surface area contributed by atoms with E-state index in [4.69, 9.17) is 11.2 Å². The number of aliphatic hydroxyl groups excluding tert-OH is 2. The zero-order chi connectivity index (χ0) is 20.5. The molecule has 0 aromatic carbocycles. The minimum Gasteiger partial charge on any atom is -0.428 e. The van der Waals surface area contributed by atoms with E-state index in [1.807, 2.05) is 6.92 Å². The molecule has 3 fully saturated rings. The molecule has 0 aromatic heterocycles. The van der Waals surface area contributed by atoms with Crippen molar-refractivity contribution in [2.24, 2.45) is 28.6 Å². The highest BCUT2D eigenvalue weighted by atomic mass is 16.5. The van der Waals surface area contributed by atoms with E-state index in [2.05, 4.69) is 12.8 Å². The van der Waals surface area contributed by atoms with E-state index in [0.717, 1.165) is 37.7 Å². The molecule has 0 aromatic rings. The molecule has 0 saturated heterocycles. The number of allylic oxidation sites excluding steroid dienone is 1. The highest BCUT2D eigenvalue weighted by Crippen LogP contribution is 2.68. The van der Waals surface area contributed by atoms with Gasteiger partial charge in [-0.3, -0.25) is 4.79 Å². The van der Waals surface area contributed by atoms with Crippen molar-refractivity contribution in [3.63, 3.8) is 0 Å². The van der Waals surface area contributed by atoms with Crippen LogP contribution in [0.1, 0.15) is 65.7 Å². The SMILES string of the molecule is C#CC1(O)C(O)C[C@H]2[C@@H]3CCC4=C(OC(C)=O)C(O)CC[C@]4(C)[C@@H]3CC[C@@]21C. The summed E-state index contributed by atoms with van der Waals surface area (Å²) in [4.78, 5) is 11.6. The van der Waals surface area contributed by atoms with Gasteiger partial charge in [-0.25, -0.2) is 0 Å². The third kappa shape index (κ3) is 2.41. The van der Waals surface area contributed by atoms with E-state index >= 15 is 0 Å². The van der Waals surface area contributed by atoms with Crippen LogP contribution in [0.2, 0.25) is 0 Å². The normalized spacial score (nSPS) is 50.2. The molecule has 0 amide bonds. The Kier molecular flexibility index (Phi) is 4.50. The summed E-state index contributed by atoms with van der Waals surface area (Å²) in [5, 5.41) is 32.2. The average Bonchev–Trinajstić information content (AvgIpc) is 2.85. The first-order valence-electron chi connectivity index (χ1n) is 10.6. The average molecular weight is 389 g/mol. The Bertz CT molecular complexity index is 765. The number of esters is 1. The largest absolute Gasteiger partial charge is 0.428 e.